The zero-order valence-electron chi connectivity index (χ0n) is 44.2. The number of likely N-dealkylation sites (N-methyl/N-ethyl adjacent to an activating group) is 2. The van der Waals surface area contributed by atoms with Gasteiger partial charge < -0.3 is 51.2 Å². The monoisotopic (exact) mass is 1100 g/mol. The molecule has 0 radical (unpaired) electrons. The van der Waals surface area contributed by atoms with Crippen LogP contribution in [0, 0.1) is 10.8 Å². The van der Waals surface area contributed by atoms with Crippen LogP contribution in [-0.4, -0.2) is 143 Å². The summed E-state index contributed by atoms with van der Waals surface area (Å²) in [4.78, 5) is 86.8. The summed E-state index contributed by atoms with van der Waals surface area (Å²) in [7, 11) is 3.42. The van der Waals surface area contributed by atoms with E-state index < -0.39 is 47.1 Å². The third-order valence-corrected chi connectivity index (χ3v) is 18.5. The highest BCUT2D eigenvalue weighted by molar-refractivity contribution is 8.00. The number of hydrogen-bond donors (Lipinski definition) is 6. The summed E-state index contributed by atoms with van der Waals surface area (Å²) in [6, 6.07) is 11.8. The lowest BCUT2D eigenvalue weighted by atomic mass is 9.83. The Bertz CT molecular complexity index is 2170. The fourth-order valence-corrected chi connectivity index (χ4v) is 15.0. The van der Waals surface area contributed by atoms with E-state index >= 15 is 0 Å². The average Bonchev–Trinajstić information content (AvgIpc) is 3.99. The molecule has 0 saturated carbocycles. The van der Waals surface area contributed by atoms with Crippen LogP contribution < -0.4 is 31.9 Å². The first-order valence-electron chi connectivity index (χ1n) is 26.3. The van der Waals surface area contributed by atoms with Crippen molar-refractivity contribution in [2.75, 3.05) is 38.8 Å². The van der Waals surface area contributed by atoms with Gasteiger partial charge in [-0.05, 0) is 111 Å². The number of carbonyl (C=O) groups excluding carboxylic acids is 6. The lowest BCUT2D eigenvalue weighted by Crippen LogP contribution is -2.58. The molecule has 4 fully saturated rings. The molecule has 12 atom stereocenters. The van der Waals surface area contributed by atoms with E-state index in [0.29, 0.717) is 63.2 Å². The highest BCUT2D eigenvalue weighted by Gasteiger charge is 2.57. The van der Waals surface area contributed by atoms with Gasteiger partial charge >= 0.3 is 0 Å². The van der Waals surface area contributed by atoms with E-state index in [-0.39, 0.29) is 95.3 Å². The molecule has 0 bridgehead atoms. The fraction of sp³-hybridized carbons (Fsp3) is 0.667. The van der Waals surface area contributed by atoms with Gasteiger partial charge in [-0.1, -0.05) is 89.1 Å². The van der Waals surface area contributed by atoms with Gasteiger partial charge in [0.25, 0.3) is 0 Å². The lowest BCUT2D eigenvalue weighted by Gasteiger charge is -2.35. The Hall–Kier alpha value is -3.62. The molecule has 6 amide bonds. The number of nitrogens with zero attached hydrogens (tertiary/aromatic N) is 2. The maximum atomic E-state index is 14.6. The van der Waals surface area contributed by atoms with Crippen LogP contribution in [0.4, 0.5) is 0 Å². The molecular formula is C54H80Cl2N8O8S2. The number of benzene rings is 2. The highest BCUT2D eigenvalue weighted by atomic mass is 35.5. The molecule has 6 N–H and O–H groups in total. The zero-order valence-corrected chi connectivity index (χ0v) is 47.5. The molecule has 6 aliphatic rings. The van der Waals surface area contributed by atoms with Crippen LogP contribution >= 0.6 is 48.3 Å². The first-order valence-corrected chi connectivity index (χ1v) is 28.4. The van der Waals surface area contributed by atoms with Gasteiger partial charge in [0.15, 0.2) is 0 Å². The number of nitrogens with one attached hydrogen (secondary N) is 6. The molecule has 16 nitrogen and oxygen atoms in total. The quantitative estimate of drug-likeness (QED) is 0.0988. The second-order valence-corrected chi connectivity index (χ2v) is 24.6. The first-order chi connectivity index (χ1) is 34.4. The smallest absolute Gasteiger partial charge is 0.246 e. The maximum Gasteiger partial charge on any atom is 0.246 e. The molecule has 20 heteroatoms. The van der Waals surface area contributed by atoms with Gasteiger partial charge in [-0.15, -0.1) is 48.3 Å². The van der Waals surface area contributed by atoms with E-state index in [1.54, 1.807) is 61.3 Å². The number of unbranched alkanes of at least 4 members (excludes halogenated alkanes) is 3. The van der Waals surface area contributed by atoms with Crippen LogP contribution in [0.15, 0.2) is 48.5 Å². The predicted octanol–water partition coefficient (Wildman–Crippen LogP) is 5.35. The summed E-state index contributed by atoms with van der Waals surface area (Å²) < 4.78 is 13.2. The van der Waals surface area contributed by atoms with Crippen molar-refractivity contribution in [3.8, 4) is 0 Å². The van der Waals surface area contributed by atoms with Crippen LogP contribution in [0.1, 0.15) is 127 Å². The summed E-state index contributed by atoms with van der Waals surface area (Å²) >= 11 is 3.37. The normalized spacial score (nSPS) is 29.2. The largest absolute Gasteiger partial charge is 0.375 e. The molecule has 8 rings (SSSR count). The van der Waals surface area contributed by atoms with E-state index in [4.69, 9.17) is 9.47 Å². The Morgan fingerprint density at radius 1 is 0.608 bits per heavy atom. The second kappa shape index (κ2) is 25.7. The van der Waals surface area contributed by atoms with Crippen LogP contribution in [-0.2, 0) is 51.1 Å². The summed E-state index contributed by atoms with van der Waals surface area (Å²) in [6.45, 7) is 12.8. The van der Waals surface area contributed by atoms with Gasteiger partial charge in [0.2, 0.25) is 35.4 Å². The molecule has 4 saturated heterocycles. The minimum Gasteiger partial charge on any atom is -0.375 e. The van der Waals surface area contributed by atoms with E-state index in [1.165, 1.54) is 0 Å². The summed E-state index contributed by atoms with van der Waals surface area (Å²) in [5, 5.41) is 18.2. The topological polar surface area (TPSA) is 200 Å². The van der Waals surface area contributed by atoms with E-state index in [9.17, 15) is 28.8 Å². The number of fused-ring (bicyclic) bond motifs is 4. The lowest BCUT2D eigenvalue weighted by molar-refractivity contribution is -0.144. The van der Waals surface area contributed by atoms with Crippen molar-refractivity contribution in [1.82, 2.24) is 41.7 Å². The number of hydrogen-bond acceptors (Lipinski definition) is 12. The number of halogens is 2. The summed E-state index contributed by atoms with van der Waals surface area (Å²) in [5.41, 5.74) is 3.37. The van der Waals surface area contributed by atoms with Gasteiger partial charge in [0.1, 0.15) is 24.2 Å². The summed E-state index contributed by atoms with van der Waals surface area (Å²) in [5.74, 6) is 0.117. The Kier molecular flexibility index (Phi) is 20.7. The van der Waals surface area contributed by atoms with Crippen LogP contribution in [0.25, 0.3) is 0 Å². The average molecular weight is 1100 g/mol. The molecule has 2 aromatic carbocycles. The Labute approximate surface area is 458 Å². The number of amides is 6. The molecule has 2 aliphatic carbocycles. The van der Waals surface area contributed by atoms with Gasteiger partial charge in [-0.25, -0.2) is 0 Å². The van der Waals surface area contributed by atoms with Crippen molar-refractivity contribution in [2.24, 2.45) is 10.8 Å². The molecule has 4 heterocycles. The minimum absolute atomic E-state index is 0. The third kappa shape index (κ3) is 12.9. The first kappa shape index (κ1) is 59.6. The number of thioether (sulfide) groups is 2. The minimum atomic E-state index is -0.708. The Morgan fingerprint density at radius 2 is 0.986 bits per heavy atom. The van der Waals surface area contributed by atoms with Gasteiger partial charge in [0, 0.05) is 26.1 Å². The van der Waals surface area contributed by atoms with Crippen molar-refractivity contribution >= 4 is 83.8 Å². The van der Waals surface area contributed by atoms with Gasteiger partial charge in [-0.3, -0.25) is 28.8 Å². The van der Waals surface area contributed by atoms with E-state index in [1.807, 2.05) is 24.3 Å². The molecule has 0 aromatic heterocycles. The molecule has 410 valence electrons. The van der Waals surface area contributed by atoms with E-state index in [0.717, 1.165) is 47.9 Å². The van der Waals surface area contributed by atoms with Crippen molar-refractivity contribution in [2.45, 2.75) is 177 Å². The molecule has 4 aliphatic heterocycles. The molecule has 8 unspecified atom stereocenters. The fourth-order valence-electron chi connectivity index (χ4n) is 11.8. The van der Waals surface area contributed by atoms with Crippen LogP contribution in [0.5, 0.6) is 0 Å². The van der Waals surface area contributed by atoms with E-state index in [2.05, 4.69) is 83.9 Å². The molecule has 2 aromatic rings. The van der Waals surface area contributed by atoms with Crippen molar-refractivity contribution < 1.29 is 38.2 Å². The van der Waals surface area contributed by atoms with Crippen LogP contribution in [0.2, 0.25) is 0 Å². The second-order valence-electron chi connectivity index (χ2n) is 22.1. The number of rotatable bonds is 19. The zero-order chi connectivity index (χ0) is 51.5. The Balaban J connectivity index is 0.00000446. The standard InChI is InChI=1S/C54H78N8O8S2.2ClH/c1-31(55-7)47(63)57-37-21-25-71-41-29-53(3,4)45(61(41)51(37)67)49(65)59-43-35-19-13-11-17-33(35)27-39(43)69-23-15-9-10-16-24-70-40-28-34-18-12-14-20-36(34)44(40)60-50(66)46-54(5,6)30-42-62(46)52(68)38(22-26-72-42)58-48(64)32(2)56-8;;/h11-14,17-20,31-32,37-46,55-56H,9-10,15-16,21-30H2,1-8H3,(H,57,63)(H,58,64)(H,59,65)(H,60,66);2*1H/t31?,32?,37?,38?,39-,40-,41?,42?,43+,44+,45?,46?;;/m1../s1. The number of carbonyl (C=O) groups is 6. The predicted molar refractivity (Wildman–Crippen MR) is 295 cm³/mol. The summed E-state index contributed by atoms with van der Waals surface area (Å²) in [6.07, 6.45) is 6.71. The SMILES string of the molecule is CNC(C)C(=O)NC1CCSC2CC(C)(C)C(C(=O)N[C@H]3c4ccccc4C[C@H]3OCCCCCCO[C@@H]3Cc4ccccc4[C@@H]3NC(=O)C3N4C(=O)C(NC(=O)C(C)NC)CCSC4CC3(C)C)N2C1=O.Cl.Cl. The molecule has 74 heavy (non-hydrogen) atoms. The number of ether oxygens (including phenoxy) is 2. The highest BCUT2D eigenvalue weighted by Crippen LogP contribution is 2.48. The third-order valence-electron chi connectivity index (χ3n) is 16.0. The van der Waals surface area contributed by atoms with Crippen molar-refractivity contribution in [1.29, 1.82) is 0 Å². The van der Waals surface area contributed by atoms with Crippen molar-refractivity contribution in [3.05, 3.63) is 70.8 Å². The maximum absolute atomic E-state index is 14.6. The van der Waals surface area contributed by atoms with Crippen molar-refractivity contribution in [3.63, 3.8) is 0 Å². The molecule has 0 spiro atoms. The van der Waals surface area contributed by atoms with Crippen LogP contribution in [0.3, 0.4) is 0 Å². The van der Waals surface area contributed by atoms with Gasteiger partial charge in [0.05, 0.1) is 47.1 Å². The molecular weight excluding hydrogens is 1020 g/mol. The Morgan fingerprint density at radius 3 is 1.36 bits per heavy atom. The van der Waals surface area contributed by atoms with Gasteiger partial charge in [-0.2, -0.15) is 0 Å².